The van der Waals surface area contributed by atoms with Crippen LogP contribution in [-0.4, -0.2) is 27.0 Å². The minimum atomic E-state index is -4.57. The summed E-state index contributed by atoms with van der Waals surface area (Å²) in [7, 11) is -4.57. The molecule has 0 radical (unpaired) electrons. The van der Waals surface area contributed by atoms with Gasteiger partial charge in [0.2, 0.25) is 0 Å². The fourth-order valence-electron chi connectivity index (χ4n) is 2.99. The maximum atomic E-state index is 11.0. The van der Waals surface area contributed by atoms with E-state index in [0.717, 1.165) is 27.3 Å². The van der Waals surface area contributed by atoms with E-state index in [1.54, 1.807) is 6.07 Å². The third kappa shape index (κ3) is 7.95. The highest BCUT2D eigenvalue weighted by Crippen LogP contribution is 2.39. The van der Waals surface area contributed by atoms with E-state index >= 15 is 0 Å². The van der Waals surface area contributed by atoms with E-state index in [0.29, 0.717) is 24.3 Å². The Hall–Kier alpha value is -1.05. The van der Waals surface area contributed by atoms with Crippen molar-refractivity contribution in [1.29, 1.82) is 0 Å². The normalized spacial score (nSPS) is 14.0. The first kappa shape index (κ1) is 24.2. The monoisotopic (exact) mass is 459 g/mol. The molecule has 2 aromatic carbocycles. The van der Waals surface area contributed by atoms with Crippen molar-refractivity contribution in [2.24, 2.45) is 5.73 Å². The molecular weight excluding hydrogens is 433 g/mol. The number of hydrogen-bond acceptors (Lipinski definition) is 5. The van der Waals surface area contributed by atoms with Gasteiger partial charge in [-0.1, -0.05) is 48.8 Å². The standard InChI is InChI=1S/C20H27ClNO5PS/c1-3-9-20(22,13-27-28(24,25)26)10-8-15-5-6-16(12-17(15)21)29-19-11-14(2)4-7-18(19)23/h4-7,11-12,23H,3,8-10,13,22H2,1-2H3,(H2,24,25,26)/t20-/m0/s1. The zero-order valence-corrected chi connectivity index (χ0v) is 18.9. The molecule has 0 saturated carbocycles. The van der Waals surface area contributed by atoms with Crippen molar-refractivity contribution >= 4 is 31.2 Å². The van der Waals surface area contributed by atoms with E-state index in [-0.39, 0.29) is 12.4 Å². The van der Waals surface area contributed by atoms with Gasteiger partial charge in [0.25, 0.3) is 0 Å². The SMILES string of the molecule is CCC[C@](N)(CCc1ccc(Sc2cc(C)ccc2O)cc1Cl)COP(=O)(O)O. The van der Waals surface area contributed by atoms with Crippen molar-refractivity contribution in [3.8, 4) is 5.75 Å². The number of halogens is 1. The second-order valence-corrected chi connectivity index (χ2v) is 9.96. The fourth-order valence-corrected chi connectivity index (χ4v) is 4.74. The Labute approximate surface area is 180 Å². The van der Waals surface area contributed by atoms with Crippen LogP contribution < -0.4 is 5.73 Å². The topological polar surface area (TPSA) is 113 Å². The Morgan fingerprint density at radius 1 is 1.21 bits per heavy atom. The van der Waals surface area contributed by atoms with Crippen LogP contribution in [0.25, 0.3) is 0 Å². The number of phenolic OH excluding ortho intramolecular Hbond substituents is 1. The molecule has 160 valence electrons. The van der Waals surface area contributed by atoms with Crippen LogP contribution >= 0.6 is 31.2 Å². The number of benzene rings is 2. The van der Waals surface area contributed by atoms with E-state index in [1.165, 1.54) is 11.8 Å². The molecule has 0 saturated heterocycles. The minimum Gasteiger partial charge on any atom is -0.507 e. The number of phenols is 1. The van der Waals surface area contributed by atoms with Crippen molar-refractivity contribution in [1.82, 2.24) is 0 Å². The summed E-state index contributed by atoms with van der Waals surface area (Å²) in [5, 5.41) is 10.6. The van der Waals surface area contributed by atoms with Crippen molar-refractivity contribution in [3.05, 3.63) is 52.5 Å². The highest BCUT2D eigenvalue weighted by atomic mass is 35.5. The molecule has 9 heteroatoms. The van der Waals surface area contributed by atoms with Crippen LogP contribution in [0.1, 0.15) is 37.3 Å². The highest BCUT2D eigenvalue weighted by molar-refractivity contribution is 7.99. The molecule has 0 unspecified atom stereocenters. The molecule has 1 atom stereocenters. The first-order valence-corrected chi connectivity index (χ1v) is 12.0. The summed E-state index contributed by atoms with van der Waals surface area (Å²) >= 11 is 7.88. The highest BCUT2D eigenvalue weighted by Gasteiger charge is 2.28. The Balaban J connectivity index is 2.07. The van der Waals surface area contributed by atoms with Gasteiger partial charge in [0.05, 0.1) is 11.5 Å². The van der Waals surface area contributed by atoms with E-state index < -0.39 is 13.4 Å². The van der Waals surface area contributed by atoms with Gasteiger partial charge in [0, 0.05) is 15.5 Å². The van der Waals surface area contributed by atoms with Crippen LogP contribution in [0.4, 0.5) is 0 Å². The van der Waals surface area contributed by atoms with Gasteiger partial charge in [-0.05, 0) is 61.6 Å². The number of phosphoric ester groups is 1. The Morgan fingerprint density at radius 3 is 2.55 bits per heavy atom. The second-order valence-electron chi connectivity index (χ2n) is 7.20. The zero-order valence-electron chi connectivity index (χ0n) is 16.5. The smallest absolute Gasteiger partial charge is 0.469 e. The molecule has 0 heterocycles. The molecule has 2 aromatic rings. The number of aryl methyl sites for hydroxylation is 2. The quantitative estimate of drug-likeness (QED) is 0.368. The Bertz CT molecular complexity index is 891. The molecule has 0 aliphatic carbocycles. The predicted octanol–water partition coefficient (Wildman–Crippen LogP) is 5.04. The van der Waals surface area contributed by atoms with Crippen molar-refractivity contribution in [2.75, 3.05) is 6.61 Å². The molecule has 0 bridgehead atoms. The van der Waals surface area contributed by atoms with Gasteiger partial charge >= 0.3 is 7.82 Å². The molecule has 29 heavy (non-hydrogen) atoms. The van der Waals surface area contributed by atoms with Crippen molar-refractivity contribution < 1.29 is 24.0 Å². The van der Waals surface area contributed by atoms with Crippen LogP contribution in [0.15, 0.2) is 46.2 Å². The van der Waals surface area contributed by atoms with Crippen LogP contribution in [0.3, 0.4) is 0 Å². The van der Waals surface area contributed by atoms with E-state index in [4.69, 9.17) is 27.1 Å². The summed E-state index contributed by atoms with van der Waals surface area (Å²) in [6, 6.07) is 11.1. The lowest BCUT2D eigenvalue weighted by Gasteiger charge is -2.29. The average Bonchev–Trinajstić information content (AvgIpc) is 2.62. The number of nitrogens with two attached hydrogens (primary N) is 1. The number of aromatic hydroxyl groups is 1. The fraction of sp³-hybridized carbons (Fsp3) is 0.400. The summed E-state index contributed by atoms with van der Waals surface area (Å²) in [5.74, 6) is 0.221. The van der Waals surface area contributed by atoms with Gasteiger partial charge in [-0.2, -0.15) is 0 Å². The van der Waals surface area contributed by atoms with Crippen molar-refractivity contribution in [2.45, 2.75) is 54.9 Å². The number of phosphoric acid groups is 1. The summed E-state index contributed by atoms with van der Waals surface area (Å²) in [6.07, 6.45) is 2.38. The molecule has 5 N–H and O–H groups in total. The van der Waals surface area contributed by atoms with Crippen LogP contribution in [0.2, 0.25) is 5.02 Å². The maximum absolute atomic E-state index is 11.0. The number of hydrogen-bond donors (Lipinski definition) is 4. The summed E-state index contributed by atoms with van der Waals surface area (Å²) in [5.41, 5.74) is 7.44. The molecule has 2 rings (SSSR count). The minimum absolute atomic E-state index is 0.219. The first-order chi connectivity index (χ1) is 13.5. The summed E-state index contributed by atoms with van der Waals surface area (Å²) < 4.78 is 15.7. The first-order valence-electron chi connectivity index (χ1n) is 9.26. The largest absolute Gasteiger partial charge is 0.507 e. The maximum Gasteiger partial charge on any atom is 0.469 e. The van der Waals surface area contributed by atoms with Gasteiger partial charge < -0.3 is 20.6 Å². The molecule has 0 aromatic heterocycles. The molecule has 0 amide bonds. The molecule has 0 aliphatic heterocycles. The van der Waals surface area contributed by atoms with Gasteiger partial charge in [-0.3, -0.25) is 4.52 Å². The Kier molecular flexibility index (Phi) is 8.61. The van der Waals surface area contributed by atoms with Crippen molar-refractivity contribution in [3.63, 3.8) is 0 Å². The molecule has 6 nitrogen and oxygen atoms in total. The van der Waals surface area contributed by atoms with Gasteiger partial charge in [0.1, 0.15) is 5.75 Å². The lowest BCUT2D eigenvalue weighted by Crippen LogP contribution is -2.44. The second kappa shape index (κ2) is 10.3. The van der Waals surface area contributed by atoms with E-state index in [1.807, 2.05) is 44.2 Å². The van der Waals surface area contributed by atoms with Gasteiger partial charge in [0.15, 0.2) is 0 Å². The average molecular weight is 460 g/mol. The predicted molar refractivity (Wildman–Crippen MR) is 117 cm³/mol. The van der Waals surface area contributed by atoms with E-state index in [9.17, 15) is 9.67 Å². The number of rotatable bonds is 10. The van der Waals surface area contributed by atoms with Gasteiger partial charge in [-0.15, -0.1) is 0 Å². The van der Waals surface area contributed by atoms with Crippen LogP contribution in [-0.2, 0) is 15.5 Å². The summed E-state index contributed by atoms with van der Waals surface area (Å²) in [6.45, 7) is 3.70. The van der Waals surface area contributed by atoms with E-state index in [2.05, 4.69) is 4.52 Å². The molecular formula is C20H27ClNO5PS. The van der Waals surface area contributed by atoms with Crippen LogP contribution in [0, 0.1) is 6.92 Å². The molecule has 0 spiro atoms. The van der Waals surface area contributed by atoms with Crippen LogP contribution in [0.5, 0.6) is 5.75 Å². The summed E-state index contributed by atoms with van der Waals surface area (Å²) in [4.78, 5) is 19.6. The molecule has 0 fully saturated rings. The third-order valence-electron chi connectivity index (χ3n) is 4.53. The Morgan fingerprint density at radius 2 is 1.93 bits per heavy atom. The lowest BCUT2D eigenvalue weighted by molar-refractivity contribution is 0.141. The zero-order chi connectivity index (χ0) is 21.7. The molecule has 0 aliphatic rings. The lowest BCUT2D eigenvalue weighted by atomic mass is 9.89. The van der Waals surface area contributed by atoms with Gasteiger partial charge in [-0.25, -0.2) is 4.57 Å². The third-order valence-corrected chi connectivity index (χ3v) is 6.38.